The Morgan fingerprint density at radius 2 is 2.28 bits per heavy atom. The zero-order valence-corrected chi connectivity index (χ0v) is 15.4. The van der Waals surface area contributed by atoms with E-state index in [4.69, 9.17) is 15.7 Å². The number of thioether (sulfide) groups is 1. The normalized spacial score (nSPS) is 45.9. The summed E-state index contributed by atoms with van der Waals surface area (Å²) in [5.74, 6) is 1.18. The van der Waals surface area contributed by atoms with Crippen LogP contribution in [0, 0.1) is 5.92 Å². The van der Waals surface area contributed by atoms with Gasteiger partial charge < -0.3 is 20.8 Å². The van der Waals surface area contributed by atoms with Gasteiger partial charge in [0.25, 0.3) is 0 Å². The van der Waals surface area contributed by atoms with Crippen LogP contribution in [0.1, 0.15) is 39.0 Å². The molecule has 3 atom stereocenters. The monoisotopic (exact) mass is 366 g/mol. The molecule has 0 aromatic rings. The van der Waals surface area contributed by atoms with Crippen molar-refractivity contribution in [3.05, 3.63) is 11.8 Å². The fraction of sp³-hybridized carbons (Fsp3) is 0.765. The lowest BCUT2D eigenvalue weighted by Gasteiger charge is -2.47. The number of nitrogens with zero attached hydrogens (tertiary/aromatic N) is 3. The van der Waals surface area contributed by atoms with E-state index in [1.807, 2.05) is 6.08 Å². The van der Waals surface area contributed by atoms with Gasteiger partial charge in [-0.15, -0.1) is 11.8 Å². The highest BCUT2D eigenvalue weighted by Crippen LogP contribution is 2.48. The molecule has 2 fully saturated rings. The Morgan fingerprint density at radius 3 is 2.96 bits per heavy atom. The molecular formula is C17H26N4O3S. The summed E-state index contributed by atoms with van der Waals surface area (Å²) < 4.78 is 0.351. The van der Waals surface area contributed by atoms with E-state index in [9.17, 15) is 10.2 Å². The molecule has 1 aliphatic carbocycles. The smallest absolute Gasteiger partial charge is 0.186 e. The molecule has 0 bridgehead atoms. The molecule has 3 unspecified atom stereocenters. The molecule has 7 nitrogen and oxygen atoms in total. The molecule has 138 valence electrons. The summed E-state index contributed by atoms with van der Waals surface area (Å²) in [5, 5.41) is 29.4. The number of rotatable bonds is 4. The van der Waals surface area contributed by atoms with Crippen molar-refractivity contribution in [1.29, 1.82) is 0 Å². The number of hydrogen-bond acceptors (Lipinski definition) is 7. The molecule has 3 heterocycles. The van der Waals surface area contributed by atoms with Crippen molar-refractivity contribution < 1.29 is 19.6 Å². The van der Waals surface area contributed by atoms with E-state index >= 15 is 0 Å². The summed E-state index contributed by atoms with van der Waals surface area (Å²) in [6.07, 6.45) is 7.54. The summed E-state index contributed by atoms with van der Waals surface area (Å²) in [5.41, 5.74) is 7.51. The Labute approximate surface area is 152 Å². The van der Waals surface area contributed by atoms with Crippen molar-refractivity contribution in [1.82, 2.24) is 0 Å². The van der Waals surface area contributed by atoms with Gasteiger partial charge in [-0.05, 0) is 32.2 Å². The number of hydrogen-bond donors (Lipinski definition) is 2. The molecular weight excluding hydrogens is 340 g/mol. The minimum atomic E-state index is -1.93. The maximum absolute atomic E-state index is 12.2. The summed E-state index contributed by atoms with van der Waals surface area (Å²) >= 11 is 1.09. The molecule has 0 aromatic heterocycles. The van der Waals surface area contributed by atoms with E-state index in [-0.39, 0.29) is 18.1 Å². The molecule has 1 saturated heterocycles. The fourth-order valence-electron chi connectivity index (χ4n) is 4.75. The van der Waals surface area contributed by atoms with Crippen molar-refractivity contribution in [3.63, 3.8) is 0 Å². The van der Waals surface area contributed by atoms with Gasteiger partial charge >= 0.3 is 0 Å². The number of oxime groups is 1. The van der Waals surface area contributed by atoms with Crippen LogP contribution in [0.25, 0.3) is 0 Å². The summed E-state index contributed by atoms with van der Waals surface area (Å²) in [7, 11) is 0. The molecule has 3 aliphatic heterocycles. The number of nitrogens with two attached hydrogens (primary N) is 1. The Balaban J connectivity index is 1.54. The zero-order chi connectivity index (χ0) is 17.7. The van der Waals surface area contributed by atoms with Gasteiger partial charge in [0.2, 0.25) is 0 Å². The lowest BCUT2D eigenvalue weighted by atomic mass is 9.68. The molecule has 0 amide bonds. The number of aliphatic hydroxyl groups is 1. The first-order valence-electron chi connectivity index (χ1n) is 9.08. The third-order valence-electron chi connectivity index (χ3n) is 6.07. The van der Waals surface area contributed by atoms with Crippen LogP contribution in [-0.4, -0.2) is 57.2 Å². The SMILES string of the molecule is CC[N+]1(C2CCSC([O-])(O)C2)N=CC=C1C1=NOC2(C1)CC(CN)C2. The van der Waals surface area contributed by atoms with Gasteiger partial charge in [-0.2, -0.15) is 4.59 Å². The number of quaternary nitrogens is 1. The minimum absolute atomic E-state index is 0.0313. The lowest BCUT2D eigenvalue weighted by molar-refractivity contribution is -0.917. The predicted octanol–water partition coefficient (Wildman–Crippen LogP) is 0.492. The standard InChI is InChI=1S/C17H26N4O3S/c1-2-21(13-4-6-25-17(22,23)9-13)15(3-5-19-21)14-10-16(24-20-14)7-12(8-16)11-18/h3,5,12-13,22H,2,4,6-11,18H2,1H3. The van der Waals surface area contributed by atoms with Gasteiger partial charge in [0.05, 0.1) is 6.21 Å². The Bertz CT molecular complexity index is 642. The highest BCUT2D eigenvalue weighted by atomic mass is 32.2. The quantitative estimate of drug-likeness (QED) is 0.557. The zero-order valence-electron chi connectivity index (χ0n) is 14.6. The van der Waals surface area contributed by atoms with Gasteiger partial charge in [-0.3, -0.25) is 0 Å². The average Bonchev–Trinajstić information content (AvgIpc) is 3.17. The molecule has 3 N–H and O–H groups in total. The molecule has 4 rings (SSSR count). The first-order chi connectivity index (χ1) is 11.9. The second kappa shape index (κ2) is 6.06. The third-order valence-corrected chi connectivity index (χ3v) is 7.13. The second-order valence-corrected chi connectivity index (χ2v) is 9.00. The molecule has 25 heavy (non-hydrogen) atoms. The fourth-order valence-corrected chi connectivity index (χ4v) is 5.77. The van der Waals surface area contributed by atoms with Crippen LogP contribution in [0.5, 0.6) is 0 Å². The Kier molecular flexibility index (Phi) is 4.24. The van der Waals surface area contributed by atoms with E-state index in [1.54, 1.807) is 6.21 Å². The van der Waals surface area contributed by atoms with Crippen LogP contribution in [0.3, 0.4) is 0 Å². The highest BCUT2D eigenvalue weighted by molar-refractivity contribution is 8.00. The van der Waals surface area contributed by atoms with Crippen molar-refractivity contribution in [3.8, 4) is 0 Å². The van der Waals surface area contributed by atoms with Crippen LogP contribution < -0.4 is 10.8 Å². The van der Waals surface area contributed by atoms with Gasteiger partial charge in [0, 0.05) is 36.2 Å². The van der Waals surface area contributed by atoms with Gasteiger partial charge in [0.1, 0.15) is 23.9 Å². The number of allylic oxidation sites excluding steroid dienone is 2. The van der Waals surface area contributed by atoms with Crippen LogP contribution in [-0.2, 0) is 4.84 Å². The van der Waals surface area contributed by atoms with Crippen LogP contribution in [0.15, 0.2) is 22.0 Å². The Morgan fingerprint density at radius 1 is 1.48 bits per heavy atom. The van der Waals surface area contributed by atoms with E-state index in [1.165, 1.54) is 0 Å². The van der Waals surface area contributed by atoms with Crippen molar-refractivity contribution >= 4 is 23.7 Å². The summed E-state index contributed by atoms with van der Waals surface area (Å²) in [4.78, 5) is 5.81. The van der Waals surface area contributed by atoms with Crippen molar-refractivity contribution in [2.75, 3.05) is 18.8 Å². The van der Waals surface area contributed by atoms with Crippen LogP contribution >= 0.6 is 11.8 Å². The second-order valence-electron chi connectivity index (χ2n) is 7.67. The van der Waals surface area contributed by atoms with Crippen LogP contribution in [0.4, 0.5) is 0 Å². The molecule has 1 saturated carbocycles. The van der Waals surface area contributed by atoms with Gasteiger partial charge in [0.15, 0.2) is 5.70 Å². The topological polar surface area (TPSA) is 103 Å². The summed E-state index contributed by atoms with van der Waals surface area (Å²) in [6.45, 7) is 3.50. The summed E-state index contributed by atoms with van der Waals surface area (Å²) in [6, 6.07) is -0.0313. The largest absolute Gasteiger partial charge is 0.820 e. The highest BCUT2D eigenvalue weighted by Gasteiger charge is 2.55. The molecule has 1 spiro atoms. The van der Waals surface area contributed by atoms with E-state index < -0.39 is 5.12 Å². The van der Waals surface area contributed by atoms with Crippen molar-refractivity contribution in [2.24, 2.45) is 21.9 Å². The average molecular weight is 366 g/mol. The van der Waals surface area contributed by atoms with E-state index in [2.05, 4.69) is 12.1 Å². The van der Waals surface area contributed by atoms with Gasteiger partial charge in [-0.25, -0.2) is 0 Å². The third kappa shape index (κ3) is 2.84. The maximum atomic E-state index is 12.2. The van der Waals surface area contributed by atoms with Crippen LogP contribution in [0.2, 0.25) is 0 Å². The maximum Gasteiger partial charge on any atom is 0.186 e. The lowest BCUT2D eigenvalue weighted by Crippen LogP contribution is -2.58. The van der Waals surface area contributed by atoms with Crippen molar-refractivity contribution in [2.45, 2.75) is 55.8 Å². The molecule has 4 aliphatic rings. The molecule has 8 heteroatoms. The Hall–Kier alpha value is -0.930. The van der Waals surface area contributed by atoms with E-state index in [0.717, 1.165) is 55.4 Å². The minimum Gasteiger partial charge on any atom is -0.820 e. The first kappa shape index (κ1) is 17.5. The van der Waals surface area contributed by atoms with Gasteiger partial charge in [-0.1, -0.05) is 10.3 Å². The predicted molar refractivity (Wildman–Crippen MR) is 95.5 cm³/mol. The molecule has 0 aromatic carbocycles. The first-order valence-corrected chi connectivity index (χ1v) is 10.1. The van der Waals surface area contributed by atoms with E-state index in [0.29, 0.717) is 22.8 Å². The molecule has 0 radical (unpaired) electrons.